The average Bonchev–Trinajstić information content (AvgIpc) is 2.08. The van der Waals surface area contributed by atoms with Crippen molar-refractivity contribution in [2.45, 2.75) is 26.7 Å². The van der Waals surface area contributed by atoms with E-state index in [9.17, 15) is 9.59 Å². The lowest BCUT2D eigenvalue weighted by atomic mass is 9.69. The predicted octanol–water partition coefficient (Wildman–Crippen LogP) is 1.45. The van der Waals surface area contributed by atoms with Crippen LogP contribution in [0.4, 0.5) is 0 Å². The largest absolute Gasteiger partial charge is 0.481 e. The Morgan fingerprint density at radius 1 is 0.929 bits per heavy atom. The van der Waals surface area contributed by atoms with Gasteiger partial charge in [-0.1, -0.05) is 13.8 Å². The monoisotopic (exact) mass is 200 g/mol. The van der Waals surface area contributed by atoms with E-state index < -0.39 is 23.8 Å². The lowest BCUT2D eigenvalue weighted by Gasteiger charge is -2.34. The highest BCUT2D eigenvalue weighted by molar-refractivity contribution is 5.80. The molecular weight excluding hydrogens is 184 g/mol. The van der Waals surface area contributed by atoms with E-state index in [4.69, 9.17) is 10.2 Å². The molecule has 0 saturated heterocycles. The van der Waals surface area contributed by atoms with Crippen LogP contribution in [0.3, 0.4) is 0 Å². The molecule has 80 valence electrons. The second-order valence-electron chi connectivity index (χ2n) is 4.32. The van der Waals surface area contributed by atoms with Gasteiger partial charge in [-0.05, 0) is 24.7 Å². The van der Waals surface area contributed by atoms with Crippen LogP contribution < -0.4 is 0 Å². The van der Waals surface area contributed by atoms with Gasteiger partial charge in [0.1, 0.15) is 0 Å². The SMILES string of the molecule is C[C@@H]1C[C@H](C(=O)O)[C@H](C(=O)O)C[C@@H]1C. The number of carbonyl (C=O) groups is 2. The van der Waals surface area contributed by atoms with Crippen molar-refractivity contribution in [1.29, 1.82) is 0 Å². The molecule has 0 bridgehead atoms. The fourth-order valence-electron chi connectivity index (χ4n) is 2.14. The van der Waals surface area contributed by atoms with E-state index in [0.29, 0.717) is 24.7 Å². The maximum atomic E-state index is 10.9. The summed E-state index contributed by atoms with van der Waals surface area (Å²) < 4.78 is 0. The number of hydrogen-bond donors (Lipinski definition) is 2. The van der Waals surface area contributed by atoms with Crippen molar-refractivity contribution in [2.75, 3.05) is 0 Å². The fourth-order valence-corrected chi connectivity index (χ4v) is 2.14. The van der Waals surface area contributed by atoms with Crippen LogP contribution in [0.25, 0.3) is 0 Å². The van der Waals surface area contributed by atoms with Crippen molar-refractivity contribution in [1.82, 2.24) is 0 Å². The third-order valence-electron chi connectivity index (χ3n) is 3.34. The number of carboxylic acids is 2. The minimum absolute atomic E-state index is 0.298. The standard InChI is InChI=1S/C10H16O4/c1-5-3-7(9(11)12)8(10(13)14)4-6(5)2/h5-8H,3-4H2,1-2H3,(H,11,12)(H,13,14)/t5-,6+,7+,8-. The van der Waals surface area contributed by atoms with Crippen LogP contribution >= 0.6 is 0 Å². The van der Waals surface area contributed by atoms with E-state index in [2.05, 4.69) is 0 Å². The van der Waals surface area contributed by atoms with Gasteiger partial charge < -0.3 is 10.2 Å². The van der Waals surface area contributed by atoms with Crippen LogP contribution in [0.5, 0.6) is 0 Å². The Morgan fingerprint density at radius 2 is 1.21 bits per heavy atom. The molecule has 1 aliphatic rings. The predicted molar refractivity (Wildman–Crippen MR) is 49.8 cm³/mol. The highest BCUT2D eigenvalue weighted by Crippen LogP contribution is 2.37. The van der Waals surface area contributed by atoms with Crippen molar-refractivity contribution in [3.8, 4) is 0 Å². The first-order valence-electron chi connectivity index (χ1n) is 4.89. The van der Waals surface area contributed by atoms with Gasteiger partial charge >= 0.3 is 11.9 Å². The summed E-state index contributed by atoms with van der Waals surface area (Å²) >= 11 is 0. The molecular formula is C10H16O4. The number of carboxylic acid groups (broad SMARTS) is 2. The maximum Gasteiger partial charge on any atom is 0.307 e. The minimum Gasteiger partial charge on any atom is -0.481 e. The summed E-state index contributed by atoms with van der Waals surface area (Å²) in [6.07, 6.45) is 0.959. The molecule has 0 unspecified atom stereocenters. The molecule has 0 aromatic rings. The molecule has 4 heteroatoms. The normalized spacial score (nSPS) is 37.9. The molecule has 4 atom stereocenters. The zero-order chi connectivity index (χ0) is 10.9. The molecule has 0 heterocycles. The van der Waals surface area contributed by atoms with E-state index in [1.807, 2.05) is 13.8 Å². The van der Waals surface area contributed by atoms with Gasteiger partial charge in [-0.2, -0.15) is 0 Å². The first-order valence-corrected chi connectivity index (χ1v) is 4.89. The minimum atomic E-state index is -0.976. The molecule has 4 nitrogen and oxygen atoms in total. The lowest BCUT2D eigenvalue weighted by molar-refractivity contribution is -0.157. The third-order valence-corrected chi connectivity index (χ3v) is 3.34. The van der Waals surface area contributed by atoms with Crippen molar-refractivity contribution >= 4 is 11.9 Å². The number of aliphatic carboxylic acids is 2. The molecule has 2 N–H and O–H groups in total. The Bertz CT molecular complexity index is 223. The highest BCUT2D eigenvalue weighted by Gasteiger charge is 2.40. The Kier molecular flexibility index (Phi) is 3.13. The Morgan fingerprint density at radius 3 is 1.43 bits per heavy atom. The Labute approximate surface area is 82.9 Å². The van der Waals surface area contributed by atoms with Gasteiger partial charge in [0, 0.05) is 0 Å². The van der Waals surface area contributed by atoms with Gasteiger partial charge in [0.05, 0.1) is 11.8 Å². The Hall–Kier alpha value is -1.06. The molecule has 1 rings (SSSR count). The lowest BCUT2D eigenvalue weighted by Crippen LogP contribution is -2.38. The van der Waals surface area contributed by atoms with Crippen molar-refractivity contribution < 1.29 is 19.8 Å². The fraction of sp³-hybridized carbons (Fsp3) is 0.800. The van der Waals surface area contributed by atoms with E-state index >= 15 is 0 Å². The number of rotatable bonds is 2. The molecule has 0 spiro atoms. The van der Waals surface area contributed by atoms with Gasteiger partial charge in [0.2, 0.25) is 0 Å². The van der Waals surface area contributed by atoms with Gasteiger partial charge in [0.25, 0.3) is 0 Å². The summed E-state index contributed by atoms with van der Waals surface area (Å²) in [4.78, 5) is 21.7. The van der Waals surface area contributed by atoms with Crippen molar-refractivity contribution in [2.24, 2.45) is 23.7 Å². The van der Waals surface area contributed by atoms with Crippen LogP contribution in [-0.4, -0.2) is 22.2 Å². The molecule has 14 heavy (non-hydrogen) atoms. The molecule has 1 saturated carbocycles. The van der Waals surface area contributed by atoms with E-state index in [0.717, 1.165) is 0 Å². The quantitative estimate of drug-likeness (QED) is 0.707. The summed E-state index contributed by atoms with van der Waals surface area (Å²) in [5, 5.41) is 17.8. The van der Waals surface area contributed by atoms with Crippen LogP contribution in [0.2, 0.25) is 0 Å². The van der Waals surface area contributed by atoms with Crippen LogP contribution in [0, 0.1) is 23.7 Å². The van der Waals surface area contributed by atoms with Crippen molar-refractivity contribution in [3.05, 3.63) is 0 Å². The van der Waals surface area contributed by atoms with Gasteiger partial charge in [-0.15, -0.1) is 0 Å². The summed E-state index contributed by atoms with van der Waals surface area (Å²) in [5.41, 5.74) is 0. The average molecular weight is 200 g/mol. The van der Waals surface area contributed by atoms with Crippen molar-refractivity contribution in [3.63, 3.8) is 0 Å². The first-order chi connectivity index (χ1) is 6.43. The Balaban J connectivity index is 2.80. The molecule has 0 radical (unpaired) electrons. The van der Waals surface area contributed by atoms with Gasteiger partial charge in [0.15, 0.2) is 0 Å². The highest BCUT2D eigenvalue weighted by atomic mass is 16.4. The summed E-state index contributed by atoms with van der Waals surface area (Å²) in [6.45, 7) is 3.97. The summed E-state index contributed by atoms with van der Waals surface area (Å²) in [7, 11) is 0. The molecule has 0 amide bonds. The zero-order valence-corrected chi connectivity index (χ0v) is 8.43. The van der Waals surface area contributed by atoms with Crippen LogP contribution in [0.15, 0.2) is 0 Å². The molecule has 0 aliphatic heterocycles. The van der Waals surface area contributed by atoms with Gasteiger partial charge in [-0.3, -0.25) is 9.59 Å². The first kappa shape index (κ1) is 11.0. The van der Waals surface area contributed by atoms with Crippen LogP contribution in [-0.2, 0) is 9.59 Å². The second kappa shape index (κ2) is 3.98. The smallest absolute Gasteiger partial charge is 0.307 e. The molecule has 1 aliphatic carbocycles. The van der Waals surface area contributed by atoms with E-state index in [-0.39, 0.29) is 0 Å². The van der Waals surface area contributed by atoms with Crippen LogP contribution in [0.1, 0.15) is 26.7 Å². The topological polar surface area (TPSA) is 74.6 Å². The van der Waals surface area contributed by atoms with Gasteiger partial charge in [-0.25, -0.2) is 0 Å². The molecule has 1 fully saturated rings. The van der Waals surface area contributed by atoms with E-state index in [1.54, 1.807) is 0 Å². The third kappa shape index (κ3) is 2.05. The summed E-state index contributed by atoms with van der Waals surface area (Å²) in [5.74, 6) is -2.77. The maximum absolute atomic E-state index is 10.9. The summed E-state index contributed by atoms with van der Waals surface area (Å²) in [6, 6.07) is 0. The molecule has 0 aromatic carbocycles. The zero-order valence-electron chi connectivity index (χ0n) is 8.43. The number of hydrogen-bond acceptors (Lipinski definition) is 2. The molecule has 0 aromatic heterocycles. The second-order valence-corrected chi connectivity index (χ2v) is 4.32. The van der Waals surface area contributed by atoms with E-state index in [1.165, 1.54) is 0 Å².